The van der Waals surface area contributed by atoms with Crippen molar-refractivity contribution in [1.82, 2.24) is 24.5 Å². The average molecular weight is 323 g/mol. The third kappa shape index (κ3) is 2.48. The number of aryl methyl sites for hydroxylation is 2. The molecular weight excluding hydrogens is 302 g/mol. The Balaban J connectivity index is 1.51. The van der Waals surface area contributed by atoms with E-state index >= 15 is 0 Å². The molecule has 3 aromatic rings. The second-order valence-electron chi connectivity index (χ2n) is 6.54. The van der Waals surface area contributed by atoms with Crippen molar-refractivity contribution in [3.63, 3.8) is 0 Å². The quantitative estimate of drug-likeness (QED) is 0.804. The molecule has 1 atom stereocenters. The predicted molar refractivity (Wildman–Crippen MR) is 90.9 cm³/mol. The van der Waals surface area contributed by atoms with Crippen molar-refractivity contribution in [2.75, 3.05) is 13.1 Å². The number of nitrogens with zero attached hydrogens (tertiary/aromatic N) is 4. The summed E-state index contributed by atoms with van der Waals surface area (Å²) in [5.41, 5.74) is 5.14. The average Bonchev–Trinajstić information content (AvgIpc) is 3.27. The van der Waals surface area contributed by atoms with Gasteiger partial charge in [0.15, 0.2) is 0 Å². The highest BCUT2D eigenvalue weighted by Gasteiger charge is 2.29. The number of fused-ring (bicyclic) bond motifs is 1. The number of carbonyl (C=O) groups is 1. The Labute approximate surface area is 140 Å². The molecule has 0 radical (unpaired) electrons. The van der Waals surface area contributed by atoms with Gasteiger partial charge in [-0.2, -0.15) is 5.10 Å². The zero-order valence-electron chi connectivity index (χ0n) is 14.0. The maximum absolute atomic E-state index is 12.8. The Bertz CT molecular complexity index is 894. The third-order valence-electron chi connectivity index (χ3n) is 4.96. The van der Waals surface area contributed by atoms with Gasteiger partial charge in [0.05, 0.1) is 24.0 Å². The summed E-state index contributed by atoms with van der Waals surface area (Å²) in [4.78, 5) is 19.3. The van der Waals surface area contributed by atoms with Crippen LogP contribution in [-0.4, -0.2) is 43.5 Å². The minimum atomic E-state index is 0.170. The highest BCUT2D eigenvalue weighted by molar-refractivity contribution is 5.79. The number of aromatic nitrogens is 4. The van der Waals surface area contributed by atoms with Crippen LogP contribution in [0.2, 0.25) is 0 Å². The molecule has 0 aliphatic carbocycles. The largest absolute Gasteiger partial charge is 0.342 e. The Morgan fingerprint density at radius 2 is 2.25 bits per heavy atom. The van der Waals surface area contributed by atoms with Gasteiger partial charge in [-0.15, -0.1) is 0 Å². The number of pyridine rings is 1. The zero-order valence-corrected chi connectivity index (χ0v) is 14.0. The van der Waals surface area contributed by atoms with E-state index in [-0.39, 0.29) is 5.91 Å². The van der Waals surface area contributed by atoms with Gasteiger partial charge in [-0.1, -0.05) is 6.07 Å². The molecule has 1 aliphatic heterocycles. The van der Waals surface area contributed by atoms with Crippen molar-refractivity contribution in [1.29, 1.82) is 0 Å². The van der Waals surface area contributed by atoms with E-state index in [1.807, 2.05) is 46.8 Å². The molecule has 0 unspecified atom stereocenters. The number of hydrogen-bond acceptors (Lipinski definition) is 3. The molecule has 124 valence electrons. The molecule has 6 heteroatoms. The first-order valence-corrected chi connectivity index (χ1v) is 8.33. The van der Waals surface area contributed by atoms with Gasteiger partial charge in [-0.3, -0.25) is 9.89 Å². The van der Waals surface area contributed by atoms with Crippen LogP contribution < -0.4 is 0 Å². The number of likely N-dealkylation sites (tertiary alicyclic amines) is 1. The fraction of sp³-hybridized carbons (Fsp3) is 0.389. The Hall–Kier alpha value is -2.63. The summed E-state index contributed by atoms with van der Waals surface area (Å²) < 4.78 is 2.01. The van der Waals surface area contributed by atoms with Crippen LogP contribution in [0, 0.1) is 13.8 Å². The van der Waals surface area contributed by atoms with Crippen LogP contribution in [0.5, 0.6) is 0 Å². The second kappa shape index (κ2) is 5.78. The van der Waals surface area contributed by atoms with Gasteiger partial charge in [-0.25, -0.2) is 4.98 Å². The van der Waals surface area contributed by atoms with Crippen LogP contribution in [0.1, 0.15) is 35.0 Å². The molecule has 1 saturated heterocycles. The van der Waals surface area contributed by atoms with Crippen LogP contribution in [0.15, 0.2) is 30.6 Å². The predicted octanol–water partition coefficient (Wildman–Crippen LogP) is 2.23. The molecule has 1 fully saturated rings. The van der Waals surface area contributed by atoms with Crippen LogP contribution in [0.25, 0.3) is 5.65 Å². The lowest BCUT2D eigenvalue weighted by Gasteiger charge is -2.16. The number of nitrogens with one attached hydrogen (secondary N) is 1. The number of aromatic amines is 1. The number of hydrogen-bond donors (Lipinski definition) is 1. The minimum Gasteiger partial charge on any atom is -0.342 e. The fourth-order valence-corrected chi connectivity index (χ4v) is 3.62. The summed E-state index contributed by atoms with van der Waals surface area (Å²) in [5.74, 6) is 0.531. The fourth-order valence-electron chi connectivity index (χ4n) is 3.62. The summed E-state index contributed by atoms with van der Waals surface area (Å²) in [6, 6.07) is 5.90. The van der Waals surface area contributed by atoms with E-state index in [0.717, 1.165) is 42.2 Å². The molecule has 3 aromatic heterocycles. The van der Waals surface area contributed by atoms with E-state index in [1.54, 1.807) is 0 Å². The number of imidazole rings is 1. The molecule has 1 aliphatic rings. The lowest BCUT2D eigenvalue weighted by molar-refractivity contribution is -0.129. The standard InChI is InChI=1S/C18H21N5O/c1-12-10-19-21-18(12)14-6-8-22(11-14)17(24)9-15-13(2)20-16-5-3-4-7-23(15)16/h3-5,7,10,14H,6,8-9,11H2,1-2H3,(H,19,21)/t14-/m0/s1. The topological polar surface area (TPSA) is 66.3 Å². The summed E-state index contributed by atoms with van der Waals surface area (Å²) in [6.45, 7) is 5.59. The van der Waals surface area contributed by atoms with Crippen LogP contribution in [0.4, 0.5) is 0 Å². The first-order valence-electron chi connectivity index (χ1n) is 8.33. The molecule has 0 spiro atoms. The Morgan fingerprint density at radius 3 is 3.04 bits per heavy atom. The number of rotatable bonds is 3. The van der Waals surface area contributed by atoms with Gasteiger partial charge in [-0.05, 0) is 38.0 Å². The summed E-state index contributed by atoms with van der Waals surface area (Å²) in [6.07, 6.45) is 5.20. The molecule has 24 heavy (non-hydrogen) atoms. The lowest BCUT2D eigenvalue weighted by atomic mass is 10.0. The van der Waals surface area contributed by atoms with Gasteiger partial charge >= 0.3 is 0 Å². The number of amides is 1. The van der Waals surface area contributed by atoms with Crippen molar-refractivity contribution < 1.29 is 4.79 Å². The van der Waals surface area contributed by atoms with E-state index in [1.165, 1.54) is 5.56 Å². The lowest BCUT2D eigenvalue weighted by Crippen LogP contribution is -2.30. The molecule has 1 N–H and O–H groups in total. The first kappa shape index (κ1) is 14.9. The highest BCUT2D eigenvalue weighted by Crippen LogP contribution is 2.28. The Kier molecular flexibility index (Phi) is 3.59. The van der Waals surface area contributed by atoms with E-state index < -0.39 is 0 Å². The first-order chi connectivity index (χ1) is 11.6. The number of H-pyrrole nitrogens is 1. The maximum Gasteiger partial charge on any atom is 0.228 e. The highest BCUT2D eigenvalue weighted by atomic mass is 16.2. The summed E-state index contributed by atoms with van der Waals surface area (Å²) >= 11 is 0. The third-order valence-corrected chi connectivity index (χ3v) is 4.96. The van der Waals surface area contributed by atoms with Crippen molar-refractivity contribution in [2.45, 2.75) is 32.6 Å². The molecule has 0 aromatic carbocycles. The van der Waals surface area contributed by atoms with Crippen molar-refractivity contribution >= 4 is 11.6 Å². The van der Waals surface area contributed by atoms with Gasteiger partial charge in [0.2, 0.25) is 5.91 Å². The van der Waals surface area contributed by atoms with E-state index in [9.17, 15) is 4.79 Å². The van der Waals surface area contributed by atoms with Gasteiger partial charge in [0, 0.05) is 30.9 Å². The van der Waals surface area contributed by atoms with Crippen LogP contribution >= 0.6 is 0 Å². The smallest absolute Gasteiger partial charge is 0.228 e. The zero-order chi connectivity index (χ0) is 16.7. The normalized spacial score (nSPS) is 17.8. The Morgan fingerprint density at radius 1 is 1.38 bits per heavy atom. The molecule has 0 saturated carbocycles. The van der Waals surface area contributed by atoms with E-state index in [2.05, 4.69) is 22.1 Å². The molecule has 1 amide bonds. The van der Waals surface area contributed by atoms with Crippen LogP contribution in [0.3, 0.4) is 0 Å². The van der Waals surface area contributed by atoms with Crippen molar-refractivity contribution in [3.8, 4) is 0 Å². The monoisotopic (exact) mass is 323 g/mol. The van der Waals surface area contributed by atoms with Gasteiger partial charge in [0.25, 0.3) is 0 Å². The van der Waals surface area contributed by atoms with Crippen molar-refractivity contribution in [2.24, 2.45) is 0 Å². The summed E-state index contributed by atoms with van der Waals surface area (Å²) in [7, 11) is 0. The van der Waals surface area contributed by atoms with E-state index in [4.69, 9.17) is 0 Å². The molecule has 4 heterocycles. The van der Waals surface area contributed by atoms with Crippen LogP contribution in [-0.2, 0) is 11.2 Å². The van der Waals surface area contributed by atoms with E-state index in [0.29, 0.717) is 12.3 Å². The van der Waals surface area contributed by atoms with Gasteiger partial charge in [0.1, 0.15) is 5.65 Å². The summed E-state index contributed by atoms with van der Waals surface area (Å²) in [5, 5.41) is 7.19. The SMILES string of the molecule is Cc1cn[nH]c1[C@H]1CCN(C(=O)Cc2c(C)nc3ccccn23)C1. The molecule has 0 bridgehead atoms. The second-order valence-corrected chi connectivity index (χ2v) is 6.54. The minimum absolute atomic E-state index is 0.170. The molecule has 6 nitrogen and oxygen atoms in total. The number of carbonyl (C=O) groups excluding carboxylic acids is 1. The van der Waals surface area contributed by atoms with Gasteiger partial charge < -0.3 is 9.30 Å². The molecular formula is C18H21N5O. The molecule has 4 rings (SSSR count). The van der Waals surface area contributed by atoms with Crippen molar-refractivity contribution in [3.05, 3.63) is 53.2 Å². The maximum atomic E-state index is 12.8.